The first-order valence-corrected chi connectivity index (χ1v) is 7.81. The SMILES string of the molecule is CC1(C)Cc2ccccc2C1NCc1ccc(Cl)s1. The van der Waals surface area contributed by atoms with E-state index in [0.29, 0.717) is 6.04 Å². The molecule has 0 saturated heterocycles. The van der Waals surface area contributed by atoms with Crippen LogP contribution in [0.1, 0.15) is 35.9 Å². The molecule has 0 aliphatic heterocycles. The van der Waals surface area contributed by atoms with Crippen LogP contribution >= 0.6 is 22.9 Å². The number of nitrogens with one attached hydrogen (secondary N) is 1. The molecule has 1 aromatic heterocycles. The lowest BCUT2D eigenvalue weighted by Crippen LogP contribution is -2.30. The van der Waals surface area contributed by atoms with E-state index in [-0.39, 0.29) is 5.41 Å². The Hall–Kier alpha value is -0.830. The summed E-state index contributed by atoms with van der Waals surface area (Å²) in [6.45, 7) is 5.57. The molecular formula is C16H18ClNS. The monoisotopic (exact) mass is 291 g/mol. The number of benzene rings is 1. The number of halogens is 1. The smallest absolute Gasteiger partial charge is 0.0931 e. The molecule has 0 fully saturated rings. The van der Waals surface area contributed by atoms with Gasteiger partial charge in [-0.05, 0) is 35.1 Å². The summed E-state index contributed by atoms with van der Waals surface area (Å²) in [5.74, 6) is 0. The summed E-state index contributed by atoms with van der Waals surface area (Å²) in [6.07, 6.45) is 1.14. The minimum absolute atomic E-state index is 0.269. The topological polar surface area (TPSA) is 12.0 Å². The van der Waals surface area contributed by atoms with Crippen molar-refractivity contribution in [3.63, 3.8) is 0 Å². The van der Waals surface area contributed by atoms with Gasteiger partial charge in [0.05, 0.1) is 4.34 Å². The molecule has 1 heterocycles. The van der Waals surface area contributed by atoms with Crippen molar-refractivity contribution in [2.45, 2.75) is 32.9 Å². The first kappa shape index (κ1) is 13.2. The van der Waals surface area contributed by atoms with Crippen molar-refractivity contribution in [1.82, 2.24) is 5.32 Å². The van der Waals surface area contributed by atoms with Crippen molar-refractivity contribution < 1.29 is 0 Å². The highest BCUT2D eigenvalue weighted by Crippen LogP contribution is 2.45. The Balaban J connectivity index is 1.79. The van der Waals surface area contributed by atoms with Crippen molar-refractivity contribution >= 4 is 22.9 Å². The van der Waals surface area contributed by atoms with Gasteiger partial charge >= 0.3 is 0 Å². The lowest BCUT2D eigenvalue weighted by atomic mass is 9.85. The molecule has 2 aromatic rings. The zero-order valence-corrected chi connectivity index (χ0v) is 12.8. The van der Waals surface area contributed by atoms with E-state index in [0.717, 1.165) is 17.3 Å². The van der Waals surface area contributed by atoms with Crippen LogP contribution in [0.2, 0.25) is 4.34 Å². The zero-order chi connectivity index (χ0) is 13.5. The van der Waals surface area contributed by atoms with Crippen LogP contribution in [-0.4, -0.2) is 0 Å². The first-order valence-electron chi connectivity index (χ1n) is 6.62. The lowest BCUT2D eigenvalue weighted by Gasteiger charge is -2.28. The predicted molar refractivity (Wildman–Crippen MR) is 82.8 cm³/mol. The fourth-order valence-corrected chi connectivity index (χ4v) is 4.06. The molecule has 0 saturated carbocycles. The van der Waals surface area contributed by atoms with Crippen LogP contribution in [0.5, 0.6) is 0 Å². The van der Waals surface area contributed by atoms with E-state index >= 15 is 0 Å². The summed E-state index contributed by atoms with van der Waals surface area (Å²) >= 11 is 7.64. The Kier molecular flexibility index (Phi) is 3.42. The van der Waals surface area contributed by atoms with E-state index in [1.54, 1.807) is 11.3 Å². The number of rotatable bonds is 3. The molecule has 3 rings (SSSR count). The normalized spacial score (nSPS) is 20.5. The first-order chi connectivity index (χ1) is 9.06. The fourth-order valence-electron chi connectivity index (χ4n) is 3.03. The third-order valence-corrected chi connectivity index (χ3v) is 5.13. The van der Waals surface area contributed by atoms with Gasteiger partial charge < -0.3 is 5.32 Å². The van der Waals surface area contributed by atoms with Crippen LogP contribution in [-0.2, 0) is 13.0 Å². The predicted octanol–water partition coefficient (Wildman–Crippen LogP) is 4.81. The molecule has 1 nitrogen and oxygen atoms in total. The Morgan fingerprint density at radius 2 is 2.05 bits per heavy atom. The third-order valence-electron chi connectivity index (χ3n) is 3.90. The number of fused-ring (bicyclic) bond motifs is 1. The Bertz CT molecular complexity index is 588. The molecule has 1 atom stereocenters. The molecule has 0 bridgehead atoms. The van der Waals surface area contributed by atoms with Crippen LogP contribution in [0.3, 0.4) is 0 Å². The summed E-state index contributed by atoms with van der Waals surface area (Å²) in [4.78, 5) is 1.30. The van der Waals surface area contributed by atoms with Crippen LogP contribution in [0.25, 0.3) is 0 Å². The van der Waals surface area contributed by atoms with E-state index < -0.39 is 0 Å². The molecule has 1 aliphatic carbocycles. The summed E-state index contributed by atoms with van der Waals surface area (Å²) in [6, 6.07) is 13.3. The second kappa shape index (κ2) is 4.93. The number of hydrogen-bond donors (Lipinski definition) is 1. The highest BCUT2D eigenvalue weighted by atomic mass is 35.5. The molecule has 100 valence electrons. The molecule has 19 heavy (non-hydrogen) atoms. The van der Waals surface area contributed by atoms with Gasteiger partial charge in [0.2, 0.25) is 0 Å². The standard InChI is InChI=1S/C16H18ClNS/c1-16(2)9-11-5-3-4-6-13(11)15(16)18-10-12-7-8-14(17)19-12/h3-8,15,18H,9-10H2,1-2H3. The van der Waals surface area contributed by atoms with Crippen LogP contribution in [0.4, 0.5) is 0 Å². The molecule has 1 aromatic carbocycles. The summed E-state index contributed by atoms with van der Waals surface area (Å²) in [7, 11) is 0. The zero-order valence-electron chi connectivity index (χ0n) is 11.2. The maximum atomic E-state index is 5.98. The van der Waals surface area contributed by atoms with E-state index in [1.807, 2.05) is 6.07 Å². The van der Waals surface area contributed by atoms with Crippen molar-refractivity contribution in [3.05, 3.63) is 56.7 Å². The van der Waals surface area contributed by atoms with Gasteiger partial charge in [0.15, 0.2) is 0 Å². The van der Waals surface area contributed by atoms with Gasteiger partial charge in [0.25, 0.3) is 0 Å². The fraction of sp³-hybridized carbons (Fsp3) is 0.375. The second-order valence-corrected chi connectivity index (χ2v) is 7.68. The minimum Gasteiger partial charge on any atom is -0.305 e. The Labute approximate surface area is 123 Å². The van der Waals surface area contributed by atoms with Gasteiger partial charge in [0.1, 0.15) is 0 Å². The third kappa shape index (κ3) is 2.58. The van der Waals surface area contributed by atoms with E-state index in [2.05, 4.69) is 49.5 Å². The molecule has 0 radical (unpaired) electrons. The second-order valence-electron chi connectivity index (χ2n) is 5.88. The summed E-state index contributed by atoms with van der Waals surface area (Å²) < 4.78 is 0.864. The maximum absolute atomic E-state index is 5.98. The van der Waals surface area contributed by atoms with Gasteiger partial charge in [-0.25, -0.2) is 0 Å². The van der Waals surface area contributed by atoms with Crippen molar-refractivity contribution in [2.24, 2.45) is 5.41 Å². The summed E-state index contributed by atoms with van der Waals surface area (Å²) in [5.41, 5.74) is 3.20. The average molecular weight is 292 g/mol. The van der Waals surface area contributed by atoms with Crippen molar-refractivity contribution in [3.8, 4) is 0 Å². The maximum Gasteiger partial charge on any atom is 0.0931 e. The molecule has 1 N–H and O–H groups in total. The van der Waals surface area contributed by atoms with Crippen molar-refractivity contribution in [1.29, 1.82) is 0 Å². The largest absolute Gasteiger partial charge is 0.305 e. The molecule has 0 amide bonds. The Morgan fingerprint density at radius 1 is 1.26 bits per heavy atom. The Morgan fingerprint density at radius 3 is 2.79 bits per heavy atom. The van der Waals surface area contributed by atoms with E-state index in [9.17, 15) is 0 Å². The molecule has 0 spiro atoms. The van der Waals surface area contributed by atoms with Crippen LogP contribution < -0.4 is 5.32 Å². The molecule has 1 aliphatic rings. The molecular weight excluding hydrogens is 274 g/mol. The van der Waals surface area contributed by atoms with Gasteiger partial charge in [-0.3, -0.25) is 0 Å². The quantitative estimate of drug-likeness (QED) is 0.855. The minimum atomic E-state index is 0.269. The number of hydrogen-bond acceptors (Lipinski definition) is 2. The van der Waals surface area contributed by atoms with Crippen LogP contribution in [0, 0.1) is 5.41 Å². The van der Waals surface area contributed by atoms with E-state index in [1.165, 1.54) is 16.0 Å². The lowest BCUT2D eigenvalue weighted by molar-refractivity contribution is 0.268. The van der Waals surface area contributed by atoms with Crippen molar-refractivity contribution in [2.75, 3.05) is 0 Å². The van der Waals surface area contributed by atoms with Gasteiger partial charge in [-0.15, -0.1) is 11.3 Å². The number of thiophene rings is 1. The van der Waals surface area contributed by atoms with Gasteiger partial charge in [-0.1, -0.05) is 49.7 Å². The summed E-state index contributed by atoms with van der Waals surface area (Å²) in [5, 5.41) is 3.71. The van der Waals surface area contributed by atoms with E-state index in [4.69, 9.17) is 11.6 Å². The van der Waals surface area contributed by atoms with Crippen LogP contribution in [0.15, 0.2) is 36.4 Å². The van der Waals surface area contributed by atoms with Gasteiger partial charge in [0, 0.05) is 17.5 Å². The molecule has 3 heteroatoms. The van der Waals surface area contributed by atoms with Gasteiger partial charge in [-0.2, -0.15) is 0 Å². The highest BCUT2D eigenvalue weighted by molar-refractivity contribution is 7.16. The highest BCUT2D eigenvalue weighted by Gasteiger charge is 2.38. The average Bonchev–Trinajstić information content (AvgIpc) is 2.87. The molecule has 1 unspecified atom stereocenters.